The van der Waals surface area contributed by atoms with E-state index in [0.717, 1.165) is 17.4 Å². The van der Waals surface area contributed by atoms with Crippen molar-refractivity contribution in [3.05, 3.63) is 45.5 Å². The van der Waals surface area contributed by atoms with E-state index in [1.165, 1.54) is 24.3 Å². The molecule has 2 rings (SSSR count). The summed E-state index contributed by atoms with van der Waals surface area (Å²) in [6.45, 7) is 0. The molecule has 5 nitrogen and oxygen atoms in total. The highest BCUT2D eigenvalue weighted by Gasteiger charge is 2.18. The average molecular weight is 394 g/mol. The molecule has 9 heteroatoms. The summed E-state index contributed by atoms with van der Waals surface area (Å²) in [7, 11) is -3.83. The summed E-state index contributed by atoms with van der Waals surface area (Å²) >= 11 is 3.85. The fourth-order valence-electron chi connectivity index (χ4n) is 1.51. The highest BCUT2D eigenvalue weighted by atomic mass is 79.9. The zero-order valence-electron chi connectivity index (χ0n) is 10.3. The van der Waals surface area contributed by atoms with Crippen molar-refractivity contribution in [2.24, 2.45) is 0 Å². The topological polar surface area (TPSA) is 83.5 Å². The van der Waals surface area contributed by atoms with Gasteiger partial charge in [0.15, 0.2) is 0 Å². The molecule has 2 N–H and O–H groups in total. The lowest BCUT2D eigenvalue weighted by Crippen LogP contribution is -2.11. The molecule has 0 atom stereocenters. The Kier molecular flexibility index (Phi) is 4.64. The molecular formula is C12H9BrFNO4S2. The molecule has 0 saturated carbocycles. The molecule has 0 amide bonds. The van der Waals surface area contributed by atoms with Gasteiger partial charge in [-0.2, -0.15) is 0 Å². The van der Waals surface area contributed by atoms with Crippen LogP contribution < -0.4 is 4.72 Å². The van der Waals surface area contributed by atoms with E-state index in [4.69, 9.17) is 5.11 Å². The maximum absolute atomic E-state index is 13.1. The third kappa shape index (κ3) is 4.02. The monoisotopic (exact) mass is 393 g/mol. The number of sulfonamides is 1. The molecular weight excluding hydrogens is 385 g/mol. The Bertz CT molecular complexity index is 788. The number of aliphatic carboxylic acids is 1. The summed E-state index contributed by atoms with van der Waals surface area (Å²) in [5.41, 5.74) is 0.205. The minimum Gasteiger partial charge on any atom is -0.481 e. The van der Waals surface area contributed by atoms with Gasteiger partial charge >= 0.3 is 5.97 Å². The number of carboxylic acids is 1. The van der Waals surface area contributed by atoms with Crippen molar-refractivity contribution in [2.45, 2.75) is 10.6 Å². The number of benzene rings is 1. The van der Waals surface area contributed by atoms with E-state index in [1.54, 1.807) is 0 Å². The molecule has 0 aliphatic rings. The van der Waals surface area contributed by atoms with E-state index in [2.05, 4.69) is 20.7 Å². The zero-order valence-corrected chi connectivity index (χ0v) is 13.6. The fraction of sp³-hybridized carbons (Fsp3) is 0.0833. The third-order valence-electron chi connectivity index (χ3n) is 2.40. The first-order chi connectivity index (χ1) is 9.78. The Balaban J connectivity index is 2.23. The van der Waals surface area contributed by atoms with E-state index in [1.807, 2.05) is 0 Å². The number of hydrogen-bond acceptors (Lipinski definition) is 4. The van der Waals surface area contributed by atoms with Crippen LogP contribution in [-0.4, -0.2) is 19.5 Å². The van der Waals surface area contributed by atoms with Gasteiger partial charge in [0.25, 0.3) is 10.0 Å². The van der Waals surface area contributed by atoms with Crippen LogP contribution in [0.15, 0.2) is 39.0 Å². The van der Waals surface area contributed by atoms with Crippen LogP contribution >= 0.6 is 27.3 Å². The second-order valence-electron chi connectivity index (χ2n) is 4.03. The maximum atomic E-state index is 13.1. The van der Waals surface area contributed by atoms with E-state index in [9.17, 15) is 17.6 Å². The number of hydrogen-bond donors (Lipinski definition) is 2. The number of rotatable bonds is 5. The number of thiophene rings is 1. The molecule has 2 aromatic rings. The Labute approximate surface area is 132 Å². The lowest BCUT2D eigenvalue weighted by atomic mass is 10.3. The molecule has 1 aromatic heterocycles. The molecule has 112 valence electrons. The molecule has 0 saturated heterocycles. The van der Waals surface area contributed by atoms with E-state index in [0.29, 0.717) is 4.88 Å². The molecule has 0 bridgehead atoms. The minimum absolute atomic E-state index is 0.000743. The largest absolute Gasteiger partial charge is 0.481 e. The highest BCUT2D eigenvalue weighted by Crippen LogP contribution is 2.26. The van der Waals surface area contributed by atoms with Crippen LogP contribution in [0, 0.1) is 5.82 Å². The lowest BCUT2D eigenvalue weighted by molar-refractivity contribution is -0.136. The van der Waals surface area contributed by atoms with Crippen LogP contribution in [0.1, 0.15) is 4.88 Å². The zero-order chi connectivity index (χ0) is 15.6. The predicted molar refractivity (Wildman–Crippen MR) is 80.6 cm³/mol. The number of carbonyl (C=O) groups is 1. The van der Waals surface area contributed by atoms with E-state index in [-0.39, 0.29) is 20.8 Å². The molecule has 0 aliphatic carbocycles. The smallest absolute Gasteiger partial charge is 0.308 e. The van der Waals surface area contributed by atoms with Gasteiger partial charge in [-0.25, -0.2) is 12.8 Å². The van der Waals surface area contributed by atoms with Gasteiger partial charge < -0.3 is 5.11 Å². The van der Waals surface area contributed by atoms with E-state index >= 15 is 0 Å². The van der Waals surface area contributed by atoms with Gasteiger partial charge in [-0.15, -0.1) is 11.3 Å². The first kappa shape index (κ1) is 15.9. The molecule has 21 heavy (non-hydrogen) atoms. The van der Waals surface area contributed by atoms with Crippen LogP contribution in [0.5, 0.6) is 0 Å². The van der Waals surface area contributed by atoms with Gasteiger partial charge in [0.05, 0.1) is 16.6 Å². The van der Waals surface area contributed by atoms with Crippen LogP contribution in [0.4, 0.5) is 10.1 Å². The molecule has 0 unspecified atom stereocenters. The van der Waals surface area contributed by atoms with Gasteiger partial charge in [-0.1, -0.05) is 0 Å². The van der Waals surface area contributed by atoms with Crippen molar-refractivity contribution >= 4 is 48.9 Å². The molecule has 0 radical (unpaired) electrons. The first-order valence-electron chi connectivity index (χ1n) is 5.56. The van der Waals surface area contributed by atoms with E-state index < -0.39 is 21.8 Å². The van der Waals surface area contributed by atoms with Crippen molar-refractivity contribution < 1.29 is 22.7 Å². The quantitative estimate of drug-likeness (QED) is 0.817. The van der Waals surface area contributed by atoms with Crippen molar-refractivity contribution in [3.8, 4) is 0 Å². The van der Waals surface area contributed by atoms with Crippen LogP contribution in [0.2, 0.25) is 0 Å². The van der Waals surface area contributed by atoms with Crippen LogP contribution in [0.3, 0.4) is 0 Å². The summed E-state index contributed by atoms with van der Waals surface area (Å²) in [6, 6.07) is 6.52. The first-order valence-corrected chi connectivity index (χ1v) is 8.65. The summed E-state index contributed by atoms with van der Waals surface area (Å²) in [5, 5.41) is 8.67. The molecule has 1 aromatic carbocycles. The third-order valence-corrected chi connectivity index (χ3v) is 5.97. The van der Waals surface area contributed by atoms with Gasteiger partial charge in [0.1, 0.15) is 10.0 Å². The fourth-order valence-corrected chi connectivity index (χ4v) is 4.29. The Morgan fingerprint density at radius 3 is 2.67 bits per heavy atom. The lowest BCUT2D eigenvalue weighted by Gasteiger charge is -2.06. The maximum Gasteiger partial charge on any atom is 0.308 e. The minimum atomic E-state index is -3.83. The molecule has 0 fully saturated rings. The normalized spacial score (nSPS) is 11.3. The number of nitrogens with one attached hydrogen (secondary N) is 1. The van der Waals surface area contributed by atoms with Crippen molar-refractivity contribution in [1.29, 1.82) is 0 Å². The van der Waals surface area contributed by atoms with Gasteiger partial charge in [-0.3, -0.25) is 9.52 Å². The highest BCUT2D eigenvalue weighted by molar-refractivity contribution is 9.10. The predicted octanol–water partition coefficient (Wildman–Crippen LogP) is 3.08. The van der Waals surface area contributed by atoms with Gasteiger partial charge in [0, 0.05) is 4.88 Å². The molecule has 0 aliphatic heterocycles. The van der Waals surface area contributed by atoms with Crippen LogP contribution in [0.25, 0.3) is 0 Å². The Morgan fingerprint density at radius 2 is 2.05 bits per heavy atom. The summed E-state index contributed by atoms with van der Waals surface area (Å²) in [4.78, 5) is 11.0. The van der Waals surface area contributed by atoms with Crippen molar-refractivity contribution in [1.82, 2.24) is 0 Å². The average Bonchev–Trinajstić information content (AvgIpc) is 2.82. The standard InChI is InChI=1S/C12H9BrFNO4S2/c13-9-5-7(1-3-10(9)14)15-21(18,19)12-4-2-8(20-12)6-11(16)17/h1-5,15H,6H2,(H,16,17). The summed E-state index contributed by atoms with van der Waals surface area (Å²) in [6.07, 6.45) is -0.234. The summed E-state index contributed by atoms with van der Waals surface area (Å²) < 4.78 is 39.8. The SMILES string of the molecule is O=C(O)Cc1ccc(S(=O)(=O)Nc2ccc(F)c(Br)c2)s1. The summed E-state index contributed by atoms with van der Waals surface area (Å²) in [5.74, 6) is -1.53. The molecule has 0 spiro atoms. The number of halogens is 2. The Hall–Kier alpha value is -1.45. The van der Waals surface area contributed by atoms with Crippen molar-refractivity contribution in [2.75, 3.05) is 4.72 Å². The number of carboxylic acid groups (broad SMARTS) is 1. The van der Waals surface area contributed by atoms with Crippen LogP contribution in [-0.2, 0) is 21.2 Å². The Morgan fingerprint density at radius 1 is 1.33 bits per heavy atom. The van der Waals surface area contributed by atoms with Gasteiger partial charge in [-0.05, 0) is 46.3 Å². The molecule has 1 heterocycles. The second-order valence-corrected chi connectivity index (χ2v) is 7.96. The number of anilines is 1. The van der Waals surface area contributed by atoms with Gasteiger partial charge in [0.2, 0.25) is 0 Å². The van der Waals surface area contributed by atoms with Crippen molar-refractivity contribution in [3.63, 3.8) is 0 Å². The second kappa shape index (κ2) is 6.12.